The maximum atomic E-state index is 14.0. The Hall–Kier alpha value is -0.900. The van der Waals surface area contributed by atoms with Gasteiger partial charge in [0.2, 0.25) is 5.91 Å². The monoisotopic (exact) mass is 297 g/mol. The molecule has 2 nitrogen and oxygen atoms in total. The highest BCUT2D eigenvalue weighted by molar-refractivity contribution is 9.10. The first-order chi connectivity index (χ1) is 8.12. The molecule has 1 heterocycles. The van der Waals surface area contributed by atoms with Crippen LogP contribution in [0, 0.1) is 5.82 Å². The summed E-state index contributed by atoms with van der Waals surface area (Å²) in [6, 6.07) is 4.91. The molecule has 1 aromatic rings. The van der Waals surface area contributed by atoms with Crippen LogP contribution in [-0.2, 0) is 4.79 Å². The third kappa shape index (κ3) is 1.79. The summed E-state index contributed by atoms with van der Waals surface area (Å²) in [5, 5.41) is 0. The van der Waals surface area contributed by atoms with E-state index in [9.17, 15) is 9.18 Å². The van der Waals surface area contributed by atoms with Crippen LogP contribution in [0.3, 0.4) is 0 Å². The lowest BCUT2D eigenvalue weighted by molar-refractivity contribution is -0.120. The van der Waals surface area contributed by atoms with E-state index in [0.29, 0.717) is 16.6 Å². The minimum absolute atomic E-state index is 0.0648. The van der Waals surface area contributed by atoms with Crippen LogP contribution in [0.5, 0.6) is 0 Å². The molecule has 0 aromatic heterocycles. The maximum Gasteiger partial charge on any atom is 0.227 e. The number of carbonyl (C=O) groups is 1. The number of rotatable bonds is 1. The summed E-state index contributed by atoms with van der Waals surface area (Å²) in [5.41, 5.74) is 0.375. The molecule has 0 radical (unpaired) electrons. The van der Waals surface area contributed by atoms with Gasteiger partial charge in [-0.25, -0.2) is 4.39 Å². The number of hydrogen-bond donors (Lipinski definition) is 0. The van der Waals surface area contributed by atoms with Gasteiger partial charge in [0.05, 0.1) is 5.69 Å². The lowest BCUT2D eigenvalue weighted by Gasteiger charge is -2.36. The van der Waals surface area contributed by atoms with Gasteiger partial charge >= 0.3 is 0 Å². The molecule has 2 fully saturated rings. The van der Waals surface area contributed by atoms with Crippen LogP contribution in [0.4, 0.5) is 10.1 Å². The lowest BCUT2D eigenvalue weighted by Crippen LogP contribution is -2.46. The van der Waals surface area contributed by atoms with Crippen LogP contribution in [0.2, 0.25) is 0 Å². The fraction of sp³-hybridized carbons (Fsp3) is 0.462. The summed E-state index contributed by atoms with van der Waals surface area (Å²) in [5.74, 6) is -0.254. The lowest BCUT2D eigenvalue weighted by atomic mass is 9.98. The molecule has 4 heteroatoms. The van der Waals surface area contributed by atoms with Crippen molar-refractivity contribution in [2.45, 2.75) is 37.6 Å². The Morgan fingerprint density at radius 2 is 2.06 bits per heavy atom. The van der Waals surface area contributed by atoms with Gasteiger partial charge in [0.1, 0.15) is 5.82 Å². The normalized spacial score (nSPS) is 22.0. The molecule has 1 aromatic carbocycles. The van der Waals surface area contributed by atoms with Gasteiger partial charge in [-0.1, -0.05) is 15.9 Å². The number of benzene rings is 1. The van der Waals surface area contributed by atoms with Crippen LogP contribution in [0.1, 0.15) is 32.1 Å². The molecule has 17 heavy (non-hydrogen) atoms. The quantitative estimate of drug-likeness (QED) is 0.775. The van der Waals surface area contributed by atoms with Gasteiger partial charge in [0.25, 0.3) is 0 Å². The Balaban J connectivity index is 2.03. The number of anilines is 1. The highest BCUT2D eigenvalue weighted by Gasteiger charge is 2.52. The number of carbonyl (C=O) groups excluding carboxylic acids is 1. The zero-order chi connectivity index (χ0) is 12.0. The number of halogens is 2. The molecule has 1 aliphatic carbocycles. The highest BCUT2D eigenvalue weighted by Crippen LogP contribution is 2.51. The van der Waals surface area contributed by atoms with Gasteiger partial charge in [-0.15, -0.1) is 0 Å². The van der Waals surface area contributed by atoms with E-state index >= 15 is 0 Å². The summed E-state index contributed by atoms with van der Waals surface area (Å²) >= 11 is 3.24. The highest BCUT2D eigenvalue weighted by atomic mass is 79.9. The van der Waals surface area contributed by atoms with E-state index in [1.807, 2.05) is 0 Å². The van der Waals surface area contributed by atoms with Crippen LogP contribution < -0.4 is 4.90 Å². The third-order valence-corrected chi connectivity index (χ3v) is 4.23. The van der Waals surface area contributed by atoms with E-state index in [2.05, 4.69) is 15.9 Å². The first kappa shape index (κ1) is 11.2. The molecule has 1 amide bonds. The number of piperidine rings is 1. The molecule has 0 N–H and O–H groups in total. The summed E-state index contributed by atoms with van der Waals surface area (Å²) in [6.45, 7) is 0. The second-order valence-electron chi connectivity index (χ2n) is 4.90. The van der Waals surface area contributed by atoms with E-state index in [1.165, 1.54) is 6.07 Å². The van der Waals surface area contributed by atoms with Crippen molar-refractivity contribution < 1.29 is 9.18 Å². The molecule has 1 saturated carbocycles. The van der Waals surface area contributed by atoms with Gasteiger partial charge in [-0.05, 0) is 43.9 Å². The van der Waals surface area contributed by atoms with Gasteiger partial charge < -0.3 is 4.90 Å². The third-order valence-electron chi connectivity index (χ3n) is 3.73. The molecule has 90 valence electrons. The molecule has 1 aliphatic heterocycles. The first-order valence-corrected chi connectivity index (χ1v) is 6.70. The Bertz CT molecular complexity index is 484. The van der Waals surface area contributed by atoms with Crippen molar-refractivity contribution in [3.05, 3.63) is 28.5 Å². The zero-order valence-electron chi connectivity index (χ0n) is 9.38. The molecule has 0 unspecified atom stereocenters. The Kier molecular flexibility index (Phi) is 2.51. The number of hydrogen-bond acceptors (Lipinski definition) is 1. The number of amides is 1. The average molecular weight is 298 g/mol. The van der Waals surface area contributed by atoms with Crippen LogP contribution in [0.15, 0.2) is 22.7 Å². The fourth-order valence-electron chi connectivity index (χ4n) is 2.73. The molecular formula is C13H13BrFNO. The zero-order valence-corrected chi connectivity index (χ0v) is 11.0. The van der Waals surface area contributed by atoms with Gasteiger partial charge in [-0.3, -0.25) is 4.79 Å². The maximum absolute atomic E-state index is 14.0. The minimum atomic E-state index is -0.319. The molecule has 0 bridgehead atoms. The first-order valence-electron chi connectivity index (χ1n) is 5.91. The standard InChI is InChI=1S/C13H13BrFNO/c14-9-3-4-11(10(15)8-9)16-12(17)2-1-5-13(16)6-7-13/h3-4,8H,1-2,5-7H2. The van der Waals surface area contributed by atoms with E-state index in [1.54, 1.807) is 17.0 Å². The SMILES string of the molecule is O=C1CCCC2(CC2)N1c1ccc(Br)cc1F. The van der Waals surface area contributed by atoms with E-state index in [-0.39, 0.29) is 17.3 Å². The van der Waals surface area contributed by atoms with Gasteiger partial charge in [0, 0.05) is 16.4 Å². The van der Waals surface area contributed by atoms with Crippen molar-refractivity contribution in [3.63, 3.8) is 0 Å². The predicted octanol–water partition coefficient (Wildman–Crippen LogP) is 3.64. The Labute approximate surface area is 108 Å². The summed E-state index contributed by atoms with van der Waals surface area (Å²) in [6.07, 6.45) is 4.50. The molecule has 1 saturated heterocycles. The molecule has 1 spiro atoms. The molecule has 0 atom stereocenters. The minimum Gasteiger partial charge on any atom is -0.303 e. The van der Waals surface area contributed by atoms with Crippen molar-refractivity contribution in [1.29, 1.82) is 0 Å². The van der Waals surface area contributed by atoms with Crippen molar-refractivity contribution in [1.82, 2.24) is 0 Å². The second kappa shape index (κ2) is 3.80. The Morgan fingerprint density at radius 3 is 2.71 bits per heavy atom. The van der Waals surface area contributed by atoms with E-state index < -0.39 is 0 Å². The van der Waals surface area contributed by atoms with Crippen LogP contribution in [-0.4, -0.2) is 11.4 Å². The van der Waals surface area contributed by atoms with Crippen molar-refractivity contribution in [3.8, 4) is 0 Å². The van der Waals surface area contributed by atoms with Crippen LogP contribution >= 0.6 is 15.9 Å². The second-order valence-corrected chi connectivity index (χ2v) is 5.82. The van der Waals surface area contributed by atoms with E-state index in [4.69, 9.17) is 0 Å². The van der Waals surface area contributed by atoms with Crippen LogP contribution in [0.25, 0.3) is 0 Å². The van der Waals surface area contributed by atoms with E-state index in [0.717, 1.165) is 25.7 Å². The average Bonchev–Trinajstić information content (AvgIpc) is 3.01. The summed E-state index contributed by atoms with van der Waals surface area (Å²) in [4.78, 5) is 13.7. The van der Waals surface area contributed by atoms with Crippen molar-refractivity contribution in [2.24, 2.45) is 0 Å². The predicted molar refractivity (Wildman–Crippen MR) is 67.4 cm³/mol. The fourth-order valence-corrected chi connectivity index (χ4v) is 3.06. The molecule has 3 rings (SSSR count). The van der Waals surface area contributed by atoms with Gasteiger partial charge in [-0.2, -0.15) is 0 Å². The van der Waals surface area contributed by atoms with Crippen molar-refractivity contribution in [2.75, 3.05) is 4.90 Å². The summed E-state index contributed by atoms with van der Waals surface area (Å²) in [7, 11) is 0. The summed E-state index contributed by atoms with van der Waals surface area (Å²) < 4.78 is 14.7. The van der Waals surface area contributed by atoms with Crippen molar-refractivity contribution >= 4 is 27.5 Å². The largest absolute Gasteiger partial charge is 0.303 e. The molecule has 2 aliphatic rings. The smallest absolute Gasteiger partial charge is 0.227 e. The number of nitrogens with zero attached hydrogens (tertiary/aromatic N) is 1. The Morgan fingerprint density at radius 1 is 1.29 bits per heavy atom. The molecular weight excluding hydrogens is 285 g/mol. The van der Waals surface area contributed by atoms with Gasteiger partial charge in [0.15, 0.2) is 0 Å². The topological polar surface area (TPSA) is 20.3 Å².